The van der Waals surface area contributed by atoms with Crippen LogP contribution in [0.15, 0.2) is 0 Å². The highest BCUT2D eigenvalue weighted by atomic mass is 15.5. The molecule has 0 N–H and O–H groups in total. The Balaban J connectivity index is 0.0000000819. The average molecular weight is 609 g/mol. The maximum absolute atomic E-state index is 2.70. The molecule has 12 aliphatic heterocycles. The monoisotopic (exact) mass is 609 g/mol. The third-order valence-corrected chi connectivity index (χ3v) is 14.6. The zero-order valence-electron chi connectivity index (χ0n) is 28.0. The number of hydrogen-bond acceptors (Lipinski definition) is 8. The fourth-order valence-corrected chi connectivity index (χ4v) is 12.7. The Kier molecular flexibility index (Phi) is 8.76. The van der Waals surface area contributed by atoms with Gasteiger partial charge in [-0.3, -0.25) is 39.2 Å². The van der Waals surface area contributed by atoms with Gasteiger partial charge in [0.2, 0.25) is 0 Å². The van der Waals surface area contributed by atoms with E-state index in [9.17, 15) is 0 Å². The van der Waals surface area contributed by atoms with Crippen molar-refractivity contribution in [1.29, 1.82) is 0 Å². The van der Waals surface area contributed by atoms with E-state index >= 15 is 0 Å². The van der Waals surface area contributed by atoms with Gasteiger partial charge >= 0.3 is 0 Å². The van der Waals surface area contributed by atoms with Gasteiger partial charge in [-0.05, 0) is 127 Å². The summed E-state index contributed by atoms with van der Waals surface area (Å²) < 4.78 is 0. The molecule has 8 heteroatoms. The first-order valence-corrected chi connectivity index (χ1v) is 19.7. The molecule has 0 bridgehead atoms. The smallest absolute Gasteiger partial charge is 0.0652 e. The number of piperidine rings is 4. The molecular weight excluding hydrogens is 544 g/mol. The first-order valence-electron chi connectivity index (χ1n) is 19.7. The van der Waals surface area contributed by atoms with Gasteiger partial charge in [0.1, 0.15) is 0 Å². The summed E-state index contributed by atoms with van der Waals surface area (Å²) in [5.74, 6) is 4.13. The van der Waals surface area contributed by atoms with Crippen LogP contribution in [0.4, 0.5) is 0 Å². The normalized spacial score (nSPS) is 44.7. The molecule has 0 aliphatic carbocycles. The maximum Gasteiger partial charge on any atom is 0.0652 e. The lowest BCUT2D eigenvalue weighted by Gasteiger charge is -2.34. The molecule has 12 aliphatic rings. The van der Waals surface area contributed by atoms with E-state index in [2.05, 4.69) is 39.2 Å². The van der Waals surface area contributed by atoms with Crippen molar-refractivity contribution in [1.82, 2.24) is 39.2 Å². The molecule has 8 unspecified atom stereocenters. The highest BCUT2D eigenvalue weighted by molar-refractivity contribution is 4.98. The predicted molar refractivity (Wildman–Crippen MR) is 177 cm³/mol. The summed E-state index contributed by atoms with van der Waals surface area (Å²) in [6.45, 7) is 21.8. The molecular formula is C36H64N8. The SMILES string of the molecule is C1CC2CCN3CCN(C1)C23.C1CC2CCN3CCN(C1)C23.C1CC2CCN3CCN(C1)C23.C1CC2CCN3CCN(C1)C23. The molecule has 12 saturated heterocycles. The zero-order valence-corrected chi connectivity index (χ0v) is 28.0. The molecule has 0 aromatic rings. The lowest BCUT2D eigenvalue weighted by Crippen LogP contribution is -2.42. The minimum atomic E-state index is 0.878. The second-order valence-corrected chi connectivity index (χ2v) is 16.7. The van der Waals surface area contributed by atoms with Crippen molar-refractivity contribution in [3.05, 3.63) is 0 Å². The molecule has 0 aromatic carbocycles. The van der Waals surface area contributed by atoms with Gasteiger partial charge in [-0.25, -0.2) is 0 Å². The second-order valence-electron chi connectivity index (χ2n) is 16.7. The minimum Gasteiger partial charge on any atom is -0.286 e. The van der Waals surface area contributed by atoms with Gasteiger partial charge in [0.25, 0.3) is 0 Å². The number of nitrogens with zero attached hydrogens (tertiary/aromatic N) is 8. The van der Waals surface area contributed by atoms with Gasteiger partial charge in [0.05, 0.1) is 24.7 Å². The van der Waals surface area contributed by atoms with Gasteiger partial charge < -0.3 is 0 Å². The van der Waals surface area contributed by atoms with E-state index in [1.807, 2.05) is 0 Å². The third kappa shape index (κ3) is 5.53. The number of rotatable bonds is 0. The zero-order chi connectivity index (χ0) is 29.0. The van der Waals surface area contributed by atoms with E-state index in [1.165, 1.54) is 182 Å². The van der Waals surface area contributed by atoms with Crippen LogP contribution in [0.1, 0.15) is 77.0 Å². The molecule has 12 heterocycles. The van der Waals surface area contributed by atoms with Crippen LogP contribution in [-0.2, 0) is 0 Å². The van der Waals surface area contributed by atoms with Crippen LogP contribution in [0.3, 0.4) is 0 Å². The highest BCUT2D eigenvalue weighted by Gasteiger charge is 2.46. The quantitative estimate of drug-likeness (QED) is 0.415. The van der Waals surface area contributed by atoms with Crippen LogP contribution in [0.2, 0.25) is 0 Å². The van der Waals surface area contributed by atoms with E-state index in [1.54, 1.807) is 0 Å². The fraction of sp³-hybridized carbons (Fsp3) is 1.00. The molecule has 8 atom stereocenters. The topological polar surface area (TPSA) is 25.9 Å². The van der Waals surface area contributed by atoms with E-state index in [0.717, 1.165) is 48.3 Å². The van der Waals surface area contributed by atoms with Gasteiger partial charge in [-0.1, -0.05) is 0 Å². The third-order valence-electron chi connectivity index (χ3n) is 14.6. The minimum absolute atomic E-state index is 0.878. The van der Waals surface area contributed by atoms with Gasteiger partial charge in [0.15, 0.2) is 0 Å². The molecule has 44 heavy (non-hydrogen) atoms. The fourth-order valence-electron chi connectivity index (χ4n) is 12.7. The average Bonchev–Trinajstić information content (AvgIpc) is 3.92. The summed E-state index contributed by atoms with van der Waals surface area (Å²) in [4.78, 5) is 21.5. The summed E-state index contributed by atoms with van der Waals surface area (Å²) in [5, 5.41) is 0. The van der Waals surface area contributed by atoms with Crippen LogP contribution in [0, 0.1) is 23.7 Å². The Bertz CT molecular complexity index is 748. The van der Waals surface area contributed by atoms with Crippen molar-refractivity contribution < 1.29 is 0 Å². The molecule has 248 valence electrons. The highest BCUT2D eigenvalue weighted by Crippen LogP contribution is 2.40. The lowest BCUT2D eigenvalue weighted by atomic mass is 9.95. The Morgan fingerprint density at radius 1 is 0.205 bits per heavy atom. The Hall–Kier alpha value is -0.320. The molecule has 0 saturated carbocycles. The first-order chi connectivity index (χ1) is 21.8. The molecule has 0 aromatic heterocycles. The summed E-state index contributed by atoms with van der Waals surface area (Å²) in [5.41, 5.74) is 0. The first kappa shape index (κ1) is 29.8. The van der Waals surface area contributed by atoms with Crippen LogP contribution >= 0.6 is 0 Å². The van der Waals surface area contributed by atoms with Gasteiger partial charge in [0, 0.05) is 78.5 Å². The van der Waals surface area contributed by atoms with E-state index in [-0.39, 0.29) is 0 Å². The molecule has 8 nitrogen and oxygen atoms in total. The van der Waals surface area contributed by atoms with E-state index in [4.69, 9.17) is 0 Å². The van der Waals surface area contributed by atoms with Crippen molar-refractivity contribution in [2.24, 2.45) is 23.7 Å². The molecule has 0 amide bonds. The molecule has 0 spiro atoms. The van der Waals surface area contributed by atoms with Crippen LogP contribution in [0.5, 0.6) is 0 Å². The molecule has 12 fully saturated rings. The Morgan fingerprint density at radius 2 is 0.409 bits per heavy atom. The molecule has 0 radical (unpaired) electrons. The van der Waals surface area contributed by atoms with Gasteiger partial charge in [-0.15, -0.1) is 0 Å². The van der Waals surface area contributed by atoms with Crippen molar-refractivity contribution in [2.45, 2.75) is 102 Å². The molecule has 12 rings (SSSR count). The van der Waals surface area contributed by atoms with Crippen LogP contribution in [0.25, 0.3) is 0 Å². The Labute approximate surface area is 269 Å². The van der Waals surface area contributed by atoms with Crippen molar-refractivity contribution in [3.8, 4) is 0 Å². The summed E-state index contributed by atoms with van der Waals surface area (Å²) in [6, 6.07) is 0. The summed E-state index contributed by atoms with van der Waals surface area (Å²) in [6.07, 6.45) is 21.2. The van der Waals surface area contributed by atoms with Crippen molar-refractivity contribution in [2.75, 3.05) is 105 Å². The Morgan fingerprint density at radius 3 is 0.636 bits per heavy atom. The second kappa shape index (κ2) is 12.9. The van der Waals surface area contributed by atoms with Gasteiger partial charge in [-0.2, -0.15) is 0 Å². The van der Waals surface area contributed by atoms with E-state index in [0.29, 0.717) is 0 Å². The van der Waals surface area contributed by atoms with Crippen molar-refractivity contribution >= 4 is 0 Å². The van der Waals surface area contributed by atoms with Crippen molar-refractivity contribution in [3.63, 3.8) is 0 Å². The lowest BCUT2D eigenvalue weighted by molar-refractivity contribution is 0.0965. The van der Waals surface area contributed by atoms with E-state index < -0.39 is 0 Å². The predicted octanol–water partition coefficient (Wildman–Crippen LogP) is 2.98. The largest absolute Gasteiger partial charge is 0.286 e. The summed E-state index contributed by atoms with van der Waals surface area (Å²) >= 11 is 0. The van der Waals surface area contributed by atoms with Crippen LogP contribution in [-0.4, -0.2) is 169 Å². The standard InChI is InChI=1S/4C9H16N2/c4*1-2-8-3-5-11-7-6-10(4-1)9(8)11/h4*8-9H,1-7H2. The van der Waals surface area contributed by atoms with Crippen LogP contribution < -0.4 is 0 Å². The number of hydrogen-bond donors (Lipinski definition) is 0. The maximum atomic E-state index is 2.70. The summed E-state index contributed by atoms with van der Waals surface area (Å²) in [7, 11) is 0.